The van der Waals surface area contributed by atoms with E-state index in [4.69, 9.17) is 11.0 Å². The molecule has 5 heteroatoms. The molecule has 0 saturated carbocycles. The summed E-state index contributed by atoms with van der Waals surface area (Å²) in [5.74, 6) is -0.322. The lowest BCUT2D eigenvalue weighted by molar-refractivity contribution is -0.123. The number of unbranched alkanes of at least 4 members (excludes halogenated alkanes) is 1. The normalized spacial score (nSPS) is 13.0. The topological polar surface area (TPSA) is 91.3 Å². The van der Waals surface area contributed by atoms with Crippen molar-refractivity contribution in [3.05, 3.63) is 0 Å². The van der Waals surface area contributed by atoms with Gasteiger partial charge in [-0.25, -0.2) is 0 Å². The first-order valence-corrected chi connectivity index (χ1v) is 5.18. The monoisotopic (exact) mass is 210 g/mol. The van der Waals surface area contributed by atoms with Crippen LogP contribution in [0, 0.1) is 17.4 Å². The van der Waals surface area contributed by atoms with Gasteiger partial charge in [-0.1, -0.05) is 26.7 Å². The fourth-order valence-corrected chi connectivity index (χ4v) is 1.28. The van der Waals surface area contributed by atoms with Gasteiger partial charge >= 0.3 is 0 Å². The number of nitrogens with one attached hydrogen (secondary N) is 1. The van der Waals surface area contributed by atoms with E-state index in [1.54, 1.807) is 0 Å². The zero-order valence-corrected chi connectivity index (χ0v) is 9.29. The summed E-state index contributed by atoms with van der Waals surface area (Å²) in [6.45, 7) is 4.04. The summed E-state index contributed by atoms with van der Waals surface area (Å²) in [6, 6.07) is 0. The molecule has 0 spiro atoms. The van der Waals surface area contributed by atoms with Crippen molar-refractivity contribution in [3.63, 3.8) is 0 Å². The highest BCUT2D eigenvalue weighted by Gasteiger charge is 2.16. The average Bonchev–Trinajstić information content (AvgIpc) is 2.19. The molecule has 84 valence electrons. The van der Waals surface area contributed by atoms with Gasteiger partial charge < -0.3 is 5.73 Å². The highest BCUT2D eigenvalue weighted by molar-refractivity contribution is 5.97. The third-order valence-corrected chi connectivity index (χ3v) is 2.19. The van der Waals surface area contributed by atoms with Crippen LogP contribution >= 0.6 is 0 Å². The number of nitriles is 1. The van der Waals surface area contributed by atoms with Gasteiger partial charge in [-0.05, 0) is 12.8 Å². The fourth-order valence-electron chi connectivity index (χ4n) is 1.28. The second-order valence-corrected chi connectivity index (χ2v) is 3.33. The van der Waals surface area contributed by atoms with E-state index < -0.39 is 0 Å². The van der Waals surface area contributed by atoms with Crippen LogP contribution in [0.2, 0.25) is 0 Å². The van der Waals surface area contributed by atoms with E-state index in [1.807, 2.05) is 6.92 Å². The largest absolute Gasteiger partial charge is 0.369 e. The number of guanidine groups is 1. The molecule has 0 bridgehead atoms. The van der Waals surface area contributed by atoms with Crippen LogP contribution in [0.4, 0.5) is 0 Å². The van der Waals surface area contributed by atoms with E-state index in [-0.39, 0.29) is 17.8 Å². The van der Waals surface area contributed by atoms with E-state index in [9.17, 15) is 4.79 Å². The number of hydrogen-bond acceptors (Lipinski definition) is 3. The van der Waals surface area contributed by atoms with Crippen molar-refractivity contribution in [2.24, 2.45) is 16.6 Å². The van der Waals surface area contributed by atoms with Crippen LogP contribution in [0.15, 0.2) is 4.99 Å². The first-order chi connectivity index (χ1) is 7.15. The molecule has 1 amide bonds. The standard InChI is InChI=1S/C10H18N4O/c1-3-5-6-8(4-2)9(15)14-10(12)13-7-11/h8H,3-6H2,1-2H3,(H3,12,13,14,15). The first kappa shape index (κ1) is 13.4. The lowest BCUT2D eigenvalue weighted by Gasteiger charge is -2.13. The molecule has 0 aliphatic carbocycles. The highest BCUT2D eigenvalue weighted by Crippen LogP contribution is 2.12. The third kappa shape index (κ3) is 5.68. The summed E-state index contributed by atoms with van der Waals surface area (Å²) in [7, 11) is 0. The maximum atomic E-state index is 11.6. The minimum Gasteiger partial charge on any atom is -0.369 e. The Morgan fingerprint density at radius 1 is 1.60 bits per heavy atom. The predicted molar refractivity (Wildman–Crippen MR) is 58.7 cm³/mol. The van der Waals surface area contributed by atoms with Gasteiger partial charge in [-0.3, -0.25) is 10.1 Å². The van der Waals surface area contributed by atoms with E-state index in [2.05, 4.69) is 17.2 Å². The number of amides is 1. The van der Waals surface area contributed by atoms with E-state index in [1.165, 1.54) is 6.19 Å². The number of aliphatic imine (C=N–C) groups is 1. The van der Waals surface area contributed by atoms with Gasteiger partial charge in [-0.2, -0.15) is 5.26 Å². The molecule has 0 fully saturated rings. The summed E-state index contributed by atoms with van der Waals surface area (Å²) in [5.41, 5.74) is 5.30. The summed E-state index contributed by atoms with van der Waals surface area (Å²) >= 11 is 0. The molecule has 0 heterocycles. The van der Waals surface area contributed by atoms with Gasteiger partial charge in [-0.15, -0.1) is 4.99 Å². The lowest BCUT2D eigenvalue weighted by Crippen LogP contribution is -2.40. The van der Waals surface area contributed by atoms with Crippen molar-refractivity contribution in [2.75, 3.05) is 0 Å². The zero-order valence-electron chi connectivity index (χ0n) is 9.29. The van der Waals surface area contributed by atoms with Gasteiger partial charge in [0.25, 0.3) is 0 Å². The van der Waals surface area contributed by atoms with Crippen molar-refractivity contribution in [2.45, 2.75) is 39.5 Å². The molecule has 0 aromatic heterocycles. The molecule has 0 aromatic rings. The maximum absolute atomic E-state index is 11.6. The second-order valence-electron chi connectivity index (χ2n) is 3.33. The third-order valence-electron chi connectivity index (χ3n) is 2.19. The summed E-state index contributed by atoms with van der Waals surface area (Å²) < 4.78 is 0. The molecule has 0 aliphatic rings. The van der Waals surface area contributed by atoms with Gasteiger partial charge in [0, 0.05) is 5.92 Å². The minimum atomic E-state index is -0.151. The summed E-state index contributed by atoms with van der Waals surface area (Å²) in [6.07, 6.45) is 5.21. The Labute approximate surface area is 90.4 Å². The number of carbonyl (C=O) groups excluding carboxylic acids is 1. The van der Waals surface area contributed by atoms with Crippen molar-refractivity contribution < 1.29 is 4.79 Å². The van der Waals surface area contributed by atoms with Gasteiger partial charge in [0.1, 0.15) is 0 Å². The molecule has 0 aromatic carbocycles. The molecule has 5 nitrogen and oxygen atoms in total. The molecule has 0 aliphatic heterocycles. The quantitative estimate of drug-likeness (QED) is 0.404. The van der Waals surface area contributed by atoms with Crippen LogP contribution in [-0.4, -0.2) is 11.9 Å². The van der Waals surface area contributed by atoms with Gasteiger partial charge in [0.15, 0.2) is 0 Å². The predicted octanol–water partition coefficient (Wildman–Crippen LogP) is 1.11. The fraction of sp³-hybridized carbons (Fsp3) is 0.700. The van der Waals surface area contributed by atoms with Crippen LogP contribution in [0.5, 0.6) is 0 Å². The molecule has 1 atom stereocenters. The first-order valence-electron chi connectivity index (χ1n) is 5.18. The molecule has 3 N–H and O–H groups in total. The maximum Gasteiger partial charge on any atom is 0.229 e. The Morgan fingerprint density at radius 3 is 2.73 bits per heavy atom. The van der Waals surface area contributed by atoms with Crippen molar-refractivity contribution in [1.82, 2.24) is 5.32 Å². The van der Waals surface area contributed by atoms with E-state index in [0.717, 1.165) is 25.7 Å². The molecular formula is C10H18N4O. The molecule has 0 radical (unpaired) electrons. The highest BCUT2D eigenvalue weighted by atomic mass is 16.2. The Kier molecular flexibility index (Phi) is 6.98. The van der Waals surface area contributed by atoms with Crippen LogP contribution in [0.1, 0.15) is 39.5 Å². The lowest BCUT2D eigenvalue weighted by atomic mass is 9.98. The van der Waals surface area contributed by atoms with E-state index >= 15 is 0 Å². The van der Waals surface area contributed by atoms with Crippen LogP contribution in [-0.2, 0) is 4.79 Å². The minimum absolute atomic E-state index is 0.0441. The van der Waals surface area contributed by atoms with Gasteiger partial charge in [0.05, 0.1) is 0 Å². The zero-order chi connectivity index (χ0) is 11.7. The number of hydrogen-bond donors (Lipinski definition) is 2. The number of nitrogens with zero attached hydrogens (tertiary/aromatic N) is 2. The van der Waals surface area contributed by atoms with Crippen molar-refractivity contribution in [1.29, 1.82) is 5.26 Å². The number of nitrogens with two attached hydrogens (primary N) is 1. The smallest absolute Gasteiger partial charge is 0.229 e. The average molecular weight is 210 g/mol. The molecule has 0 saturated heterocycles. The van der Waals surface area contributed by atoms with Crippen LogP contribution in [0.3, 0.4) is 0 Å². The van der Waals surface area contributed by atoms with Gasteiger partial charge in [0.2, 0.25) is 18.1 Å². The van der Waals surface area contributed by atoms with Crippen LogP contribution < -0.4 is 11.1 Å². The summed E-state index contributed by atoms with van der Waals surface area (Å²) in [4.78, 5) is 14.8. The Balaban J connectivity index is 4.16. The molecule has 0 rings (SSSR count). The Bertz CT molecular complexity index is 267. The SMILES string of the molecule is CCCCC(CC)C(=O)NC(N)=NC#N. The number of rotatable bonds is 5. The summed E-state index contributed by atoms with van der Waals surface area (Å²) in [5, 5.41) is 10.6. The van der Waals surface area contributed by atoms with Crippen LogP contribution in [0.25, 0.3) is 0 Å². The van der Waals surface area contributed by atoms with Crippen molar-refractivity contribution in [3.8, 4) is 6.19 Å². The molecule has 15 heavy (non-hydrogen) atoms. The Morgan fingerprint density at radius 2 is 2.27 bits per heavy atom. The molecular weight excluding hydrogens is 192 g/mol. The van der Waals surface area contributed by atoms with Crippen molar-refractivity contribution >= 4 is 11.9 Å². The second kappa shape index (κ2) is 7.80. The molecule has 1 unspecified atom stereocenters. The number of carbonyl (C=O) groups is 1. The Hall–Kier alpha value is -1.57. The van der Waals surface area contributed by atoms with E-state index in [0.29, 0.717) is 0 Å².